The number of imide groups is 1. The number of nitrogens with one attached hydrogen (secondary N) is 2. The fourth-order valence-corrected chi connectivity index (χ4v) is 3.48. The molecule has 1 atom stereocenters. The Kier molecular flexibility index (Phi) is 4.52. The minimum Gasteiger partial charge on any atom is -0.391 e. The van der Waals surface area contributed by atoms with Crippen molar-refractivity contribution < 1.29 is 24.5 Å². The van der Waals surface area contributed by atoms with E-state index in [0.29, 0.717) is 12.1 Å². The number of anilines is 1. The van der Waals surface area contributed by atoms with Crippen LogP contribution in [0.1, 0.15) is 6.42 Å². The number of aliphatic hydroxyl groups excluding tert-OH is 1. The van der Waals surface area contributed by atoms with Crippen molar-refractivity contribution in [2.24, 2.45) is 0 Å². The lowest BCUT2D eigenvalue weighted by molar-refractivity contribution is -1.02. The van der Waals surface area contributed by atoms with Crippen LogP contribution < -0.4 is 14.7 Å². The van der Waals surface area contributed by atoms with Gasteiger partial charge in [-0.1, -0.05) is 18.2 Å². The standard InChI is InChI=1S/C16H21N3O3/c20-11-10-17-6-8-18(9-7-17)14-12-15(21)19(16(14)22)13-4-2-1-3-5-13/h1-5,14,20H,6-12H2/p+2. The topological polar surface area (TPSA) is 66.5 Å². The van der Waals surface area contributed by atoms with E-state index in [1.807, 2.05) is 18.2 Å². The van der Waals surface area contributed by atoms with Crippen LogP contribution in [0.2, 0.25) is 0 Å². The maximum Gasteiger partial charge on any atom is 0.292 e. The number of benzene rings is 1. The number of rotatable bonds is 4. The smallest absolute Gasteiger partial charge is 0.292 e. The Morgan fingerprint density at radius 3 is 2.41 bits per heavy atom. The fraction of sp³-hybridized carbons (Fsp3) is 0.500. The van der Waals surface area contributed by atoms with Crippen LogP contribution in [0.15, 0.2) is 30.3 Å². The summed E-state index contributed by atoms with van der Waals surface area (Å²) < 4.78 is 0. The van der Waals surface area contributed by atoms with Crippen LogP contribution in [0.4, 0.5) is 5.69 Å². The van der Waals surface area contributed by atoms with Crippen LogP contribution in [-0.2, 0) is 9.59 Å². The highest BCUT2D eigenvalue weighted by Gasteiger charge is 2.46. The number of hydrogen-bond acceptors (Lipinski definition) is 3. The molecule has 0 bridgehead atoms. The minimum absolute atomic E-state index is 0.0724. The Hall–Kier alpha value is -1.76. The molecule has 22 heavy (non-hydrogen) atoms. The number of hydrogen-bond donors (Lipinski definition) is 3. The molecule has 1 aromatic carbocycles. The molecule has 0 aromatic heterocycles. The monoisotopic (exact) mass is 305 g/mol. The lowest BCUT2D eigenvalue weighted by Gasteiger charge is -2.31. The lowest BCUT2D eigenvalue weighted by Crippen LogP contribution is -3.30. The van der Waals surface area contributed by atoms with Gasteiger partial charge in [0.05, 0.1) is 18.7 Å². The average Bonchev–Trinajstić information content (AvgIpc) is 2.84. The van der Waals surface area contributed by atoms with Gasteiger partial charge in [0.1, 0.15) is 32.7 Å². The van der Waals surface area contributed by atoms with Crippen molar-refractivity contribution in [2.75, 3.05) is 44.2 Å². The van der Waals surface area contributed by atoms with E-state index in [2.05, 4.69) is 0 Å². The van der Waals surface area contributed by atoms with E-state index in [4.69, 9.17) is 5.11 Å². The van der Waals surface area contributed by atoms with Crippen LogP contribution in [0.5, 0.6) is 0 Å². The third kappa shape index (κ3) is 2.90. The maximum absolute atomic E-state index is 12.7. The number of amides is 2. The number of carbonyl (C=O) groups excluding carboxylic acids is 2. The summed E-state index contributed by atoms with van der Waals surface area (Å²) in [6.07, 6.45) is 0.304. The first-order valence-corrected chi connectivity index (χ1v) is 7.91. The summed E-state index contributed by atoms with van der Waals surface area (Å²) in [5.74, 6) is -0.171. The normalized spacial score (nSPS) is 29.1. The molecule has 118 valence electrons. The Morgan fingerprint density at radius 2 is 1.77 bits per heavy atom. The van der Waals surface area contributed by atoms with Gasteiger partial charge >= 0.3 is 0 Å². The van der Waals surface area contributed by atoms with Crippen molar-refractivity contribution >= 4 is 17.5 Å². The number of aliphatic hydroxyl groups is 1. The zero-order valence-corrected chi connectivity index (χ0v) is 12.6. The Labute approximate surface area is 129 Å². The van der Waals surface area contributed by atoms with E-state index in [1.54, 1.807) is 12.1 Å². The summed E-state index contributed by atoms with van der Waals surface area (Å²) in [6.45, 7) is 4.61. The second-order valence-corrected chi connectivity index (χ2v) is 6.04. The number of para-hydroxylation sites is 1. The molecule has 2 aliphatic rings. The number of nitrogens with zero attached hydrogens (tertiary/aromatic N) is 1. The number of quaternary nitrogens is 2. The third-order valence-electron chi connectivity index (χ3n) is 4.72. The van der Waals surface area contributed by atoms with Gasteiger partial charge in [-0.3, -0.25) is 9.59 Å². The summed E-state index contributed by atoms with van der Waals surface area (Å²) in [5.41, 5.74) is 0.670. The molecule has 0 aliphatic carbocycles. The third-order valence-corrected chi connectivity index (χ3v) is 4.72. The summed E-state index contributed by atoms with van der Waals surface area (Å²) in [5, 5.41) is 9.00. The predicted octanol–water partition coefficient (Wildman–Crippen LogP) is -2.91. The van der Waals surface area contributed by atoms with Crippen molar-refractivity contribution in [3.63, 3.8) is 0 Å². The van der Waals surface area contributed by atoms with E-state index in [9.17, 15) is 9.59 Å². The Morgan fingerprint density at radius 1 is 1.09 bits per heavy atom. The summed E-state index contributed by atoms with van der Waals surface area (Å²) in [7, 11) is 0. The molecule has 2 amide bonds. The summed E-state index contributed by atoms with van der Waals surface area (Å²) in [6, 6.07) is 8.91. The van der Waals surface area contributed by atoms with Gasteiger partial charge in [-0.25, -0.2) is 4.90 Å². The molecule has 6 heteroatoms. The highest BCUT2D eigenvalue weighted by atomic mass is 16.3. The first-order chi connectivity index (χ1) is 10.7. The molecule has 6 nitrogen and oxygen atoms in total. The van der Waals surface area contributed by atoms with Crippen LogP contribution in [0, 0.1) is 0 Å². The molecule has 0 radical (unpaired) electrons. The molecular formula is C16H23N3O3+2. The van der Waals surface area contributed by atoms with Gasteiger partial charge in [0.2, 0.25) is 5.91 Å². The summed E-state index contributed by atoms with van der Waals surface area (Å²) in [4.78, 5) is 28.8. The van der Waals surface area contributed by atoms with Crippen molar-refractivity contribution in [3.05, 3.63) is 30.3 Å². The molecule has 2 heterocycles. The number of carbonyl (C=O) groups is 2. The van der Waals surface area contributed by atoms with Gasteiger partial charge in [-0.05, 0) is 12.1 Å². The van der Waals surface area contributed by atoms with Crippen LogP contribution in [0.25, 0.3) is 0 Å². The van der Waals surface area contributed by atoms with E-state index >= 15 is 0 Å². The maximum atomic E-state index is 12.7. The first-order valence-electron chi connectivity index (χ1n) is 7.91. The molecule has 2 aliphatic heterocycles. The number of piperazine rings is 1. The molecule has 0 saturated carbocycles. The van der Waals surface area contributed by atoms with Gasteiger partial charge in [0.25, 0.3) is 5.91 Å². The van der Waals surface area contributed by atoms with Gasteiger partial charge in [-0.15, -0.1) is 0 Å². The van der Waals surface area contributed by atoms with E-state index < -0.39 is 0 Å². The SMILES string of the molecule is O=C1CC([NH+]2CC[NH+](CCO)CC2)C(=O)N1c1ccccc1. The molecule has 3 N–H and O–H groups in total. The van der Waals surface area contributed by atoms with Gasteiger partial charge < -0.3 is 14.9 Å². The van der Waals surface area contributed by atoms with Crippen molar-refractivity contribution in [2.45, 2.75) is 12.5 Å². The van der Waals surface area contributed by atoms with E-state index in [0.717, 1.165) is 32.7 Å². The lowest BCUT2D eigenvalue weighted by atomic mass is 10.1. The van der Waals surface area contributed by atoms with Crippen molar-refractivity contribution in [3.8, 4) is 0 Å². The fourth-order valence-electron chi connectivity index (χ4n) is 3.48. The summed E-state index contributed by atoms with van der Waals surface area (Å²) >= 11 is 0. The first kappa shape index (κ1) is 15.1. The second-order valence-electron chi connectivity index (χ2n) is 6.04. The average molecular weight is 305 g/mol. The Bertz CT molecular complexity index is 541. The molecule has 1 aromatic rings. The minimum atomic E-state index is -0.247. The molecule has 2 saturated heterocycles. The molecule has 2 fully saturated rings. The van der Waals surface area contributed by atoms with Crippen molar-refractivity contribution in [1.82, 2.24) is 0 Å². The predicted molar refractivity (Wildman–Crippen MR) is 80.7 cm³/mol. The second kappa shape index (κ2) is 6.56. The largest absolute Gasteiger partial charge is 0.391 e. The zero-order valence-electron chi connectivity index (χ0n) is 12.6. The van der Waals surface area contributed by atoms with Crippen molar-refractivity contribution in [1.29, 1.82) is 0 Å². The van der Waals surface area contributed by atoms with Crippen LogP contribution in [-0.4, -0.2) is 62.3 Å². The van der Waals surface area contributed by atoms with Crippen LogP contribution >= 0.6 is 0 Å². The molecular weight excluding hydrogens is 282 g/mol. The zero-order chi connectivity index (χ0) is 15.5. The van der Waals surface area contributed by atoms with Gasteiger partial charge in [0, 0.05) is 0 Å². The Balaban J connectivity index is 1.67. The van der Waals surface area contributed by atoms with E-state index in [-0.39, 0.29) is 24.5 Å². The van der Waals surface area contributed by atoms with Gasteiger partial charge in [0.15, 0.2) is 6.04 Å². The molecule has 0 spiro atoms. The van der Waals surface area contributed by atoms with Crippen LogP contribution in [0.3, 0.4) is 0 Å². The van der Waals surface area contributed by atoms with Gasteiger partial charge in [-0.2, -0.15) is 0 Å². The quantitative estimate of drug-likeness (QED) is 0.523. The molecule has 1 unspecified atom stereocenters. The highest BCUT2D eigenvalue weighted by molar-refractivity contribution is 6.21. The highest BCUT2D eigenvalue weighted by Crippen LogP contribution is 2.21. The van der Waals surface area contributed by atoms with E-state index in [1.165, 1.54) is 14.7 Å². The molecule has 3 rings (SSSR count).